The van der Waals surface area contributed by atoms with Crippen molar-refractivity contribution in [3.63, 3.8) is 0 Å². The highest BCUT2D eigenvalue weighted by molar-refractivity contribution is 9.10. The van der Waals surface area contributed by atoms with Gasteiger partial charge in [-0.05, 0) is 49.9 Å². The molecule has 1 aliphatic carbocycles. The second-order valence-electron chi connectivity index (χ2n) is 5.07. The first-order valence-corrected chi connectivity index (χ1v) is 8.82. The Hall–Kier alpha value is -0.590. The van der Waals surface area contributed by atoms with Crippen LogP contribution in [0.3, 0.4) is 0 Å². The predicted octanol–water partition coefficient (Wildman–Crippen LogP) is 2.56. The molecule has 0 unspecified atom stereocenters. The fourth-order valence-electron chi connectivity index (χ4n) is 1.92. The molecule has 0 radical (unpaired) electrons. The minimum Gasteiger partial charge on any atom is -0.313 e. The lowest BCUT2D eigenvalue weighted by atomic mass is 10.1. The second-order valence-corrected chi connectivity index (χ2v) is 7.71. The summed E-state index contributed by atoms with van der Waals surface area (Å²) in [5, 5.41) is 3.20. The predicted molar refractivity (Wildman–Crippen MR) is 82.1 cm³/mol. The number of nitrogens with one attached hydrogen (secondary N) is 2. The van der Waals surface area contributed by atoms with Crippen molar-refractivity contribution >= 4 is 31.6 Å². The van der Waals surface area contributed by atoms with Crippen molar-refractivity contribution in [1.29, 1.82) is 0 Å². The Balaban J connectivity index is 1.98. The van der Waals surface area contributed by atoms with Gasteiger partial charge in [0, 0.05) is 22.7 Å². The van der Waals surface area contributed by atoms with Gasteiger partial charge in [-0.15, -0.1) is 0 Å². The molecule has 1 aliphatic rings. The Bertz CT molecular complexity index is 545. The molecule has 0 heterocycles. The summed E-state index contributed by atoms with van der Waals surface area (Å²) in [5.41, 5.74) is 2.67. The first-order valence-electron chi connectivity index (χ1n) is 6.38. The molecule has 6 heteroatoms. The number of benzene rings is 1. The maximum Gasteiger partial charge on any atom is 0.233 e. The summed E-state index contributed by atoms with van der Waals surface area (Å²) in [6, 6.07) is 4.21. The van der Waals surface area contributed by atoms with Crippen molar-refractivity contribution in [2.45, 2.75) is 32.7 Å². The number of hydrogen-bond acceptors (Lipinski definition) is 3. The van der Waals surface area contributed by atoms with E-state index in [9.17, 15) is 8.42 Å². The van der Waals surface area contributed by atoms with Crippen LogP contribution >= 0.6 is 15.9 Å². The van der Waals surface area contributed by atoms with Crippen LogP contribution in [0.2, 0.25) is 0 Å². The van der Waals surface area contributed by atoms with Gasteiger partial charge in [0.1, 0.15) is 0 Å². The van der Waals surface area contributed by atoms with Gasteiger partial charge in [-0.3, -0.25) is 4.72 Å². The third-order valence-electron chi connectivity index (χ3n) is 3.09. The van der Waals surface area contributed by atoms with Gasteiger partial charge in [0.2, 0.25) is 10.0 Å². The van der Waals surface area contributed by atoms with Crippen molar-refractivity contribution in [1.82, 2.24) is 5.32 Å². The number of anilines is 1. The van der Waals surface area contributed by atoms with Crippen molar-refractivity contribution < 1.29 is 8.42 Å². The van der Waals surface area contributed by atoms with E-state index in [2.05, 4.69) is 26.0 Å². The van der Waals surface area contributed by atoms with Crippen LogP contribution in [0.15, 0.2) is 16.6 Å². The van der Waals surface area contributed by atoms with Crippen molar-refractivity contribution in [2.75, 3.05) is 17.0 Å². The molecule has 19 heavy (non-hydrogen) atoms. The van der Waals surface area contributed by atoms with Crippen LogP contribution in [0.25, 0.3) is 0 Å². The fourth-order valence-corrected chi connectivity index (χ4v) is 3.11. The zero-order valence-corrected chi connectivity index (χ0v) is 13.6. The third-order valence-corrected chi connectivity index (χ3v) is 5.63. The largest absolute Gasteiger partial charge is 0.313 e. The zero-order valence-electron chi connectivity index (χ0n) is 11.2. The number of halogens is 1. The van der Waals surface area contributed by atoms with E-state index in [0.717, 1.165) is 15.6 Å². The fraction of sp³-hybridized carbons (Fsp3) is 0.538. The Morgan fingerprint density at radius 3 is 2.37 bits per heavy atom. The number of aryl methyl sites for hydroxylation is 2. The number of sulfonamides is 1. The van der Waals surface area contributed by atoms with Crippen molar-refractivity contribution in [2.24, 2.45) is 0 Å². The summed E-state index contributed by atoms with van der Waals surface area (Å²) in [4.78, 5) is 0. The van der Waals surface area contributed by atoms with Gasteiger partial charge >= 0.3 is 0 Å². The Morgan fingerprint density at radius 1 is 1.26 bits per heavy atom. The van der Waals surface area contributed by atoms with Crippen LogP contribution in [0, 0.1) is 13.8 Å². The van der Waals surface area contributed by atoms with E-state index in [4.69, 9.17) is 0 Å². The minimum absolute atomic E-state index is 0.109. The Morgan fingerprint density at radius 2 is 1.84 bits per heavy atom. The topological polar surface area (TPSA) is 58.2 Å². The highest BCUT2D eigenvalue weighted by atomic mass is 79.9. The van der Waals surface area contributed by atoms with E-state index in [1.54, 1.807) is 0 Å². The molecule has 0 bridgehead atoms. The van der Waals surface area contributed by atoms with Crippen LogP contribution in [-0.2, 0) is 10.0 Å². The average molecular weight is 347 g/mol. The van der Waals surface area contributed by atoms with E-state index in [-0.39, 0.29) is 5.75 Å². The molecule has 1 saturated carbocycles. The summed E-state index contributed by atoms with van der Waals surface area (Å²) in [5.74, 6) is 0.109. The molecule has 1 aromatic rings. The lowest BCUT2D eigenvalue weighted by Crippen LogP contribution is -2.28. The molecule has 0 saturated heterocycles. The normalized spacial score (nSPS) is 15.5. The highest BCUT2D eigenvalue weighted by Gasteiger charge is 2.21. The lowest BCUT2D eigenvalue weighted by molar-refractivity contribution is 0.595. The Labute approximate surface area is 123 Å². The molecular weight excluding hydrogens is 328 g/mol. The van der Waals surface area contributed by atoms with Crippen LogP contribution in [-0.4, -0.2) is 26.8 Å². The maximum absolute atomic E-state index is 11.9. The molecule has 0 spiro atoms. The summed E-state index contributed by atoms with van der Waals surface area (Å²) >= 11 is 3.47. The van der Waals surface area contributed by atoms with E-state index >= 15 is 0 Å². The van der Waals surface area contributed by atoms with Crippen LogP contribution in [0.1, 0.15) is 24.0 Å². The lowest BCUT2D eigenvalue weighted by Gasteiger charge is -2.11. The first-order chi connectivity index (χ1) is 8.87. The molecule has 1 fully saturated rings. The molecule has 0 aromatic heterocycles. The quantitative estimate of drug-likeness (QED) is 0.832. The molecule has 0 aliphatic heterocycles. The molecule has 0 atom stereocenters. The first kappa shape index (κ1) is 14.8. The standard InChI is InChI=1S/C13H19BrN2O2S/c1-9-7-12(8-10(2)13(9)14)16-19(17,18)6-5-15-11-3-4-11/h7-8,11,15-16H,3-6H2,1-2H3. The second kappa shape index (κ2) is 5.81. The van der Waals surface area contributed by atoms with Gasteiger partial charge in [-0.2, -0.15) is 0 Å². The molecular formula is C13H19BrN2O2S. The van der Waals surface area contributed by atoms with Gasteiger partial charge in [-0.25, -0.2) is 8.42 Å². The van der Waals surface area contributed by atoms with Gasteiger partial charge in [-0.1, -0.05) is 15.9 Å². The molecule has 1 aromatic carbocycles. The maximum atomic E-state index is 11.9. The SMILES string of the molecule is Cc1cc(NS(=O)(=O)CCNC2CC2)cc(C)c1Br. The molecule has 0 amide bonds. The molecule has 106 valence electrons. The van der Waals surface area contributed by atoms with Crippen LogP contribution in [0.5, 0.6) is 0 Å². The summed E-state index contributed by atoms with van der Waals surface area (Å²) in [6.07, 6.45) is 2.33. The minimum atomic E-state index is -3.28. The molecule has 4 nitrogen and oxygen atoms in total. The van der Waals surface area contributed by atoms with Crippen LogP contribution in [0.4, 0.5) is 5.69 Å². The monoisotopic (exact) mass is 346 g/mol. The number of rotatable bonds is 6. The van der Waals surface area contributed by atoms with Gasteiger partial charge < -0.3 is 5.32 Å². The third kappa shape index (κ3) is 4.47. The van der Waals surface area contributed by atoms with Crippen LogP contribution < -0.4 is 10.0 Å². The van der Waals surface area contributed by atoms with Crippen molar-refractivity contribution in [3.05, 3.63) is 27.7 Å². The van der Waals surface area contributed by atoms with Gasteiger partial charge in [0.15, 0.2) is 0 Å². The van der Waals surface area contributed by atoms with Gasteiger partial charge in [0.25, 0.3) is 0 Å². The zero-order chi connectivity index (χ0) is 14.0. The average Bonchev–Trinajstić information content (AvgIpc) is 3.09. The van der Waals surface area contributed by atoms with Crippen molar-refractivity contribution in [3.8, 4) is 0 Å². The highest BCUT2D eigenvalue weighted by Crippen LogP contribution is 2.25. The number of hydrogen-bond donors (Lipinski definition) is 2. The van der Waals surface area contributed by atoms with E-state index in [0.29, 0.717) is 18.3 Å². The smallest absolute Gasteiger partial charge is 0.233 e. The van der Waals surface area contributed by atoms with E-state index in [1.807, 2.05) is 26.0 Å². The van der Waals surface area contributed by atoms with E-state index < -0.39 is 10.0 Å². The molecule has 2 rings (SSSR count). The molecule has 2 N–H and O–H groups in total. The van der Waals surface area contributed by atoms with Gasteiger partial charge in [0.05, 0.1) is 5.75 Å². The summed E-state index contributed by atoms with van der Waals surface area (Å²) in [7, 11) is -3.28. The summed E-state index contributed by atoms with van der Waals surface area (Å²) < 4.78 is 27.5. The van der Waals surface area contributed by atoms with E-state index in [1.165, 1.54) is 12.8 Å². The summed E-state index contributed by atoms with van der Waals surface area (Å²) in [6.45, 7) is 4.40. The Kier molecular flexibility index (Phi) is 4.53.